The molecule has 8 heteroatoms. The van der Waals surface area contributed by atoms with Gasteiger partial charge in [0.25, 0.3) is 10.1 Å². The highest BCUT2D eigenvalue weighted by Gasteiger charge is 2.27. The average Bonchev–Trinajstić information content (AvgIpc) is 3.03. The SMILES string of the molecule is CCCCC/C=C\C=C/CCCCCCCC(O)C(=O)NC(CS(=O)(=O)O)C(O)/C=C/CCCCCCCCCCCCCCCC. The smallest absolute Gasteiger partial charge is 0.267 e. The molecular formula is C39H73NO6S. The Kier molecular flexibility index (Phi) is 32.0. The molecule has 0 fully saturated rings. The molecule has 0 aromatic heterocycles. The Morgan fingerprint density at radius 1 is 0.596 bits per heavy atom. The van der Waals surface area contributed by atoms with E-state index in [1.165, 1.54) is 102 Å². The van der Waals surface area contributed by atoms with E-state index in [9.17, 15) is 28.0 Å². The summed E-state index contributed by atoms with van der Waals surface area (Å²) in [6, 6.07) is -1.24. The molecule has 276 valence electrons. The largest absolute Gasteiger partial charge is 0.387 e. The first-order valence-corrected chi connectivity index (χ1v) is 20.9. The number of hydrogen-bond donors (Lipinski definition) is 4. The second-order valence-corrected chi connectivity index (χ2v) is 14.9. The fourth-order valence-corrected chi connectivity index (χ4v) is 6.42. The fourth-order valence-electron chi connectivity index (χ4n) is 5.68. The van der Waals surface area contributed by atoms with E-state index in [-0.39, 0.29) is 6.42 Å². The normalized spacial score (nSPS) is 14.4. The van der Waals surface area contributed by atoms with Crippen LogP contribution >= 0.6 is 0 Å². The average molecular weight is 684 g/mol. The second kappa shape index (κ2) is 33.0. The molecule has 0 saturated carbocycles. The van der Waals surface area contributed by atoms with Crippen LogP contribution in [0.25, 0.3) is 0 Å². The number of carbonyl (C=O) groups is 1. The van der Waals surface area contributed by atoms with Crippen LogP contribution in [0, 0.1) is 0 Å². The number of allylic oxidation sites excluding steroid dienone is 5. The molecule has 0 heterocycles. The summed E-state index contributed by atoms with van der Waals surface area (Å²) in [7, 11) is -4.44. The zero-order chi connectivity index (χ0) is 34.9. The molecule has 3 atom stereocenters. The Labute approximate surface area is 289 Å². The molecule has 0 aromatic carbocycles. The van der Waals surface area contributed by atoms with E-state index in [1.54, 1.807) is 6.08 Å². The first-order valence-electron chi connectivity index (χ1n) is 19.3. The number of unbranched alkanes of at least 4 members (excludes halogenated alkanes) is 22. The van der Waals surface area contributed by atoms with Crippen LogP contribution in [0.3, 0.4) is 0 Å². The van der Waals surface area contributed by atoms with E-state index in [2.05, 4.69) is 43.5 Å². The minimum Gasteiger partial charge on any atom is -0.387 e. The van der Waals surface area contributed by atoms with E-state index in [0.717, 1.165) is 57.8 Å². The quantitative estimate of drug-likeness (QED) is 0.0232. The van der Waals surface area contributed by atoms with Gasteiger partial charge in [-0.3, -0.25) is 9.35 Å². The zero-order valence-electron chi connectivity index (χ0n) is 30.3. The number of carbonyl (C=O) groups excluding carboxylic acids is 1. The van der Waals surface area contributed by atoms with Crippen molar-refractivity contribution in [1.82, 2.24) is 5.32 Å². The molecular weight excluding hydrogens is 610 g/mol. The molecule has 0 rings (SSSR count). The molecule has 0 aliphatic heterocycles. The summed E-state index contributed by atoms with van der Waals surface area (Å²) >= 11 is 0. The van der Waals surface area contributed by atoms with Gasteiger partial charge in [-0.1, -0.05) is 172 Å². The predicted octanol–water partition coefficient (Wildman–Crippen LogP) is 9.93. The molecule has 7 nitrogen and oxygen atoms in total. The first kappa shape index (κ1) is 45.5. The van der Waals surface area contributed by atoms with Crippen LogP contribution in [0.4, 0.5) is 0 Å². The highest BCUT2D eigenvalue weighted by molar-refractivity contribution is 7.85. The molecule has 0 bridgehead atoms. The highest BCUT2D eigenvalue weighted by atomic mass is 32.2. The van der Waals surface area contributed by atoms with Crippen molar-refractivity contribution in [2.24, 2.45) is 0 Å². The summed E-state index contributed by atoms with van der Waals surface area (Å²) in [5.74, 6) is -1.55. The lowest BCUT2D eigenvalue weighted by atomic mass is 10.0. The van der Waals surface area contributed by atoms with Gasteiger partial charge in [0.05, 0.1) is 17.9 Å². The van der Waals surface area contributed by atoms with Crippen molar-refractivity contribution in [3.8, 4) is 0 Å². The van der Waals surface area contributed by atoms with E-state index < -0.39 is 40.0 Å². The standard InChI is InChI=1S/C39H73NO6S/c1-3-5-7-9-11-13-15-17-19-20-22-23-25-27-29-31-33-37(41)36(35-47(44,45)46)40-39(43)38(42)34-32-30-28-26-24-21-18-16-14-12-10-8-6-4-2/h12,14,16,18,31,33,36-38,41-42H,3-11,13,15,17,19-30,32,34-35H2,1-2H3,(H,40,43)(H,44,45,46)/b14-12-,18-16-,33-31+. The van der Waals surface area contributed by atoms with Crippen molar-refractivity contribution in [1.29, 1.82) is 0 Å². The second-order valence-electron chi connectivity index (χ2n) is 13.4. The third-order valence-corrected chi connectivity index (χ3v) is 9.48. The Morgan fingerprint density at radius 3 is 1.45 bits per heavy atom. The number of aliphatic hydroxyl groups is 2. The third-order valence-electron chi connectivity index (χ3n) is 8.70. The van der Waals surface area contributed by atoms with Crippen molar-refractivity contribution in [3.63, 3.8) is 0 Å². The van der Waals surface area contributed by atoms with E-state index in [0.29, 0.717) is 6.42 Å². The molecule has 0 aromatic rings. The van der Waals surface area contributed by atoms with Crippen molar-refractivity contribution in [2.45, 2.75) is 199 Å². The lowest BCUT2D eigenvalue weighted by Crippen LogP contribution is -2.50. The minimum absolute atomic E-state index is 0.262. The summed E-state index contributed by atoms with van der Waals surface area (Å²) in [5.41, 5.74) is 0. The van der Waals surface area contributed by atoms with Crippen LogP contribution in [0.5, 0.6) is 0 Å². The number of aliphatic hydroxyl groups excluding tert-OH is 2. The number of amides is 1. The van der Waals surface area contributed by atoms with Gasteiger partial charge in [-0.25, -0.2) is 0 Å². The van der Waals surface area contributed by atoms with Crippen LogP contribution in [0.2, 0.25) is 0 Å². The molecule has 0 aliphatic carbocycles. The van der Waals surface area contributed by atoms with Crippen molar-refractivity contribution in [2.75, 3.05) is 5.75 Å². The predicted molar refractivity (Wildman–Crippen MR) is 199 cm³/mol. The van der Waals surface area contributed by atoms with Crippen molar-refractivity contribution in [3.05, 3.63) is 36.5 Å². The minimum atomic E-state index is -4.44. The number of rotatable bonds is 34. The summed E-state index contributed by atoms with van der Waals surface area (Å²) in [4.78, 5) is 12.5. The van der Waals surface area contributed by atoms with Gasteiger partial charge in [0, 0.05) is 0 Å². The van der Waals surface area contributed by atoms with Gasteiger partial charge in [0.2, 0.25) is 5.91 Å². The Bertz CT molecular complexity index is 901. The van der Waals surface area contributed by atoms with Gasteiger partial charge in [-0.2, -0.15) is 8.42 Å². The lowest BCUT2D eigenvalue weighted by molar-refractivity contribution is -0.130. The number of nitrogens with one attached hydrogen (secondary N) is 1. The fraction of sp³-hybridized carbons (Fsp3) is 0.821. The summed E-state index contributed by atoms with van der Waals surface area (Å²) in [6.45, 7) is 4.46. The Hall–Kier alpha value is -1.48. The lowest BCUT2D eigenvalue weighted by Gasteiger charge is -2.22. The van der Waals surface area contributed by atoms with Gasteiger partial charge in [0.15, 0.2) is 0 Å². The molecule has 0 radical (unpaired) electrons. The van der Waals surface area contributed by atoms with E-state index in [1.807, 2.05) is 0 Å². The van der Waals surface area contributed by atoms with Gasteiger partial charge >= 0.3 is 0 Å². The van der Waals surface area contributed by atoms with Gasteiger partial charge in [-0.05, 0) is 44.9 Å². The molecule has 1 amide bonds. The molecule has 4 N–H and O–H groups in total. The van der Waals surface area contributed by atoms with Crippen molar-refractivity contribution >= 4 is 16.0 Å². The van der Waals surface area contributed by atoms with Crippen LogP contribution < -0.4 is 5.32 Å². The zero-order valence-corrected chi connectivity index (χ0v) is 31.1. The van der Waals surface area contributed by atoms with E-state index in [4.69, 9.17) is 0 Å². The maximum absolute atomic E-state index is 12.5. The summed E-state index contributed by atoms with van der Waals surface area (Å²) in [5, 5.41) is 23.3. The van der Waals surface area contributed by atoms with Gasteiger partial charge in [0.1, 0.15) is 6.10 Å². The van der Waals surface area contributed by atoms with Crippen molar-refractivity contribution < 1.29 is 28.0 Å². The van der Waals surface area contributed by atoms with Crippen LogP contribution in [0.15, 0.2) is 36.5 Å². The van der Waals surface area contributed by atoms with Gasteiger partial charge < -0.3 is 15.5 Å². The molecule has 47 heavy (non-hydrogen) atoms. The Balaban J connectivity index is 4.12. The first-order chi connectivity index (χ1) is 22.7. The summed E-state index contributed by atoms with van der Waals surface area (Å²) < 4.78 is 32.4. The molecule has 0 spiro atoms. The van der Waals surface area contributed by atoms with Crippen LogP contribution in [-0.4, -0.2) is 53.1 Å². The topological polar surface area (TPSA) is 124 Å². The molecule has 0 aliphatic rings. The highest BCUT2D eigenvalue weighted by Crippen LogP contribution is 2.14. The Morgan fingerprint density at radius 2 is 0.979 bits per heavy atom. The van der Waals surface area contributed by atoms with Gasteiger partial charge in [-0.15, -0.1) is 0 Å². The monoisotopic (exact) mass is 684 g/mol. The van der Waals surface area contributed by atoms with Crippen LogP contribution in [-0.2, 0) is 14.9 Å². The summed E-state index contributed by atoms with van der Waals surface area (Å²) in [6.07, 6.45) is 39.0. The molecule has 0 saturated heterocycles. The van der Waals surface area contributed by atoms with E-state index >= 15 is 0 Å². The number of hydrogen-bond acceptors (Lipinski definition) is 5. The molecule has 3 unspecified atom stereocenters. The third kappa shape index (κ3) is 32.8. The maximum Gasteiger partial charge on any atom is 0.267 e. The maximum atomic E-state index is 12.5. The van der Waals surface area contributed by atoms with Crippen LogP contribution in [0.1, 0.15) is 181 Å².